The molecule has 1 aromatic heterocycles. The van der Waals surface area contributed by atoms with E-state index in [1.165, 1.54) is 0 Å². The van der Waals surface area contributed by atoms with Crippen molar-refractivity contribution < 1.29 is 19.1 Å². The second kappa shape index (κ2) is 11.7. The number of fused-ring (bicyclic) bond motifs is 1. The third-order valence-corrected chi connectivity index (χ3v) is 8.10. The number of hydrazone groups is 1. The third kappa shape index (κ3) is 5.76. The lowest BCUT2D eigenvalue weighted by atomic mass is 9.76. The van der Waals surface area contributed by atoms with Crippen LogP contribution in [0.25, 0.3) is 0 Å². The van der Waals surface area contributed by atoms with Gasteiger partial charge < -0.3 is 14.5 Å². The maximum absolute atomic E-state index is 13.3. The van der Waals surface area contributed by atoms with Crippen molar-refractivity contribution in [2.75, 3.05) is 37.7 Å². The van der Waals surface area contributed by atoms with Crippen molar-refractivity contribution in [3.05, 3.63) is 59.4 Å². The van der Waals surface area contributed by atoms with E-state index in [9.17, 15) is 14.4 Å². The summed E-state index contributed by atoms with van der Waals surface area (Å²) in [5, 5.41) is 4.56. The Kier molecular flexibility index (Phi) is 8.52. The molecule has 0 fully saturated rings. The molecule has 10 heteroatoms. The molecule has 0 saturated heterocycles. The van der Waals surface area contributed by atoms with E-state index in [-0.39, 0.29) is 23.2 Å². The van der Waals surface area contributed by atoms with Crippen LogP contribution >= 0.6 is 11.8 Å². The summed E-state index contributed by atoms with van der Waals surface area (Å²) in [6.07, 6.45) is 1.62. The summed E-state index contributed by atoms with van der Waals surface area (Å²) in [5.41, 5.74) is 3.48. The molecule has 202 valence electrons. The fraction of sp³-hybridized carbons (Fsp3) is 0.464. The molecule has 2 aromatic rings. The Morgan fingerprint density at radius 1 is 1.18 bits per heavy atom. The van der Waals surface area contributed by atoms with Gasteiger partial charge in [0.1, 0.15) is 12.3 Å². The van der Waals surface area contributed by atoms with E-state index >= 15 is 0 Å². The van der Waals surface area contributed by atoms with Gasteiger partial charge in [0.25, 0.3) is 5.91 Å². The summed E-state index contributed by atoms with van der Waals surface area (Å²) in [6.45, 7) is 13.4. The van der Waals surface area contributed by atoms with Gasteiger partial charge in [-0.05, 0) is 67.2 Å². The molecule has 0 radical (unpaired) electrons. The second-order valence-corrected chi connectivity index (χ2v) is 11.3. The average Bonchev–Trinajstić information content (AvgIpc) is 2.91. The molecule has 0 spiro atoms. The van der Waals surface area contributed by atoms with E-state index in [0.29, 0.717) is 24.5 Å². The molecular formula is C28H35N5O4S. The van der Waals surface area contributed by atoms with Crippen LogP contribution < -0.4 is 4.90 Å². The molecule has 0 saturated carbocycles. The number of hydrogen-bond donors (Lipinski definition) is 0. The van der Waals surface area contributed by atoms with Gasteiger partial charge in [-0.25, -0.2) is 4.79 Å². The molecule has 1 unspecified atom stereocenters. The molecule has 1 atom stereocenters. The van der Waals surface area contributed by atoms with Crippen LogP contribution in [0.1, 0.15) is 62.7 Å². The zero-order chi connectivity index (χ0) is 27.4. The summed E-state index contributed by atoms with van der Waals surface area (Å²) >= 11 is 1.04. The average molecular weight is 538 g/mol. The molecule has 3 amide bonds. The number of ether oxygens (including phenoxy) is 1. The van der Waals surface area contributed by atoms with Crippen LogP contribution in [-0.4, -0.2) is 75.9 Å². The standard InChI is InChI=1S/C28H35N5O4S/c1-6-31(7-2)16-17-37-26(35)33-27(36)38-19(3)24(30-33)20-11-12-23-21(18-20)28(4,5)13-15-32(23)25(34)22-10-8-9-14-29-22/h8-12,14,18-19H,6-7,13,15-17H2,1-5H3. The number of anilines is 1. The zero-order valence-corrected chi connectivity index (χ0v) is 23.5. The van der Waals surface area contributed by atoms with Crippen molar-refractivity contribution in [3.63, 3.8) is 0 Å². The van der Waals surface area contributed by atoms with Crippen LogP contribution in [-0.2, 0) is 10.2 Å². The first kappa shape index (κ1) is 27.8. The number of aromatic nitrogens is 1. The van der Waals surface area contributed by atoms with Crippen molar-refractivity contribution in [1.29, 1.82) is 0 Å². The summed E-state index contributed by atoms with van der Waals surface area (Å²) in [7, 11) is 0. The smallest absolute Gasteiger partial charge is 0.438 e. The van der Waals surface area contributed by atoms with Gasteiger partial charge in [-0.3, -0.25) is 14.6 Å². The normalized spacial score (nSPS) is 18.7. The Hall–Kier alpha value is -3.24. The molecular weight excluding hydrogens is 502 g/mol. The van der Waals surface area contributed by atoms with Crippen molar-refractivity contribution in [3.8, 4) is 0 Å². The summed E-state index contributed by atoms with van der Waals surface area (Å²) < 4.78 is 5.37. The minimum atomic E-state index is -0.774. The summed E-state index contributed by atoms with van der Waals surface area (Å²) in [5.74, 6) is -0.141. The lowest BCUT2D eigenvalue weighted by Crippen LogP contribution is -2.42. The van der Waals surface area contributed by atoms with E-state index in [1.807, 2.05) is 39.0 Å². The number of amides is 3. The molecule has 1 aromatic carbocycles. The van der Waals surface area contributed by atoms with Gasteiger partial charge in [0.05, 0.1) is 11.0 Å². The quantitative estimate of drug-likeness (QED) is 0.482. The number of imide groups is 1. The number of nitrogens with zero attached hydrogens (tertiary/aromatic N) is 5. The molecule has 4 rings (SSSR count). The number of carbonyl (C=O) groups is 3. The van der Waals surface area contributed by atoms with Crippen LogP contribution in [0.3, 0.4) is 0 Å². The predicted molar refractivity (Wildman–Crippen MR) is 150 cm³/mol. The summed E-state index contributed by atoms with van der Waals surface area (Å²) in [6, 6.07) is 11.2. The molecule has 0 bridgehead atoms. The molecule has 38 heavy (non-hydrogen) atoms. The number of hydrogen-bond acceptors (Lipinski definition) is 8. The highest BCUT2D eigenvalue weighted by Gasteiger charge is 2.37. The zero-order valence-electron chi connectivity index (χ0n) is 22.6. The lowest BCUT2D eigenvalue weighted by molar-refractivity contribution is 0.0976. The predicted octanol–water partition coefficient (Wildman–Crippen LogP) is 5.15. The minimum Gasteiger partial charge on any atom is -0.446 e. The largest absolute Gasteiger partial charge is 0.446 e. The Morgan fingerprint density at radius 2 is 1.95 bits per heavy atom. The number of rotatable bonds is 7. The molecule has 2 aliphatic heterocycles. The van der Waals surface area contributed by atoms with Gasteiger partial charge in [0.15, 0.2) is 0 Å². The van der Waals surface area contributed by atoms with Crippen molar-refractivity contribution in [1.82, 2.24) is 14.9 Å². The topological polar surface area (TPSA) is 95.4 Å². The van der Waals surface area contributed by atoms with Gasteiger partial charge >= 0.3 is 11.3 Å². The minimum absolute atomic E-state index is 0.141. The van der Waals surface area contributed by atoms with E-state index in [2.05, 4.69) is 28.8 Å². The van der Waals surface area contributed by atoms with Crippen LogP contribution in [0.4, 0.5) is 15.3 Å². The number of pyridine rings is 1. The van der Waals surface area contributed by atoms with Crippen molar-refractivity contribution in [2.24, 2.45) is 5.10 Å². The van der Waals surface area contributed by atoms with Crippen LogP contribution in [0, 0.1) is 0 Å². The maximum atomic E-state index is 13.3. The highest BCUT2D eigenvalue weighted by Crippen LogP contribution is 2.41. The first-order valence-corrected chi connectivity index (χ1v) is 13.9. The highest BCUT2D eigenvalue weighted by atomic mass is 32.2. The van der Waals surface area contributed by atoms with E-state index in [1.54, 1.807) is 29.3 Å². The Balaban J connectivity index is 1.62. The van der Waals surface area contributed by atoms with Crippen LogP contribution in [0.5, 0.6) is 0 Å². The number of carbonyl (C=O) groups excluding carboxylic acids is 3. The summed E-state index contributed by atoms with van der Waals surface area (Å²) in [4.78, 5) is 46.8. The number of benzene rings is 1. The molecule has 9 nitrogen and oxygen atoms in total. The number of thioether (sulfide) groups is 1. The number of likely N-dealkylation sites (N-methyl/N-ethyl adjacent to an activating group) is 1. The van der Waals surface area contributed by atoms with Gasteiger partial charge in [0.2, 0.25) is 0 Å². The maximum Gasteiger partial charge on any atom is 0.438 e. The molecule has 2 aliphatic rings. The fourth-order valence-electron chi connectivity index (χ4n) is 4.72. The SMILES string of the molecule is CCN(CC)CCOC(=O)N1N=C(c2ccc3c(c2)C(C)(C)CCN3C(=O)c2ccccn2)C(C)SC1=O. The van der Waals surface area contributed by atoms with E-state index in [0.717, 1.165) is 53.1 Å². The van der Waals surface area contributed by atoms with Gasteiger partial charge in [-0.15, -0.1) is 5.01 Å². The lowest BCUT2D eigenvalue weighted by Gasteiger charge is -2.39. The van der Waals surface area contributed by atoms with E-state index in [4.69, 9.17) is 4.74 Å². The first-order valence-electron chi connectivity index (χ1n) is 13.0. The van der Waals surface area contributed by atoms with Crippen molar-refractivity contribution >= 4 is 40.4 Å². The fourth-order valence-corrected chi connectivity index (χ4v) is 5.53. The highest BCUT2D eigenvalue weighted by molar-refractivity contribution is 8.14. The van der Waals surface area contributed by atoms with Crippen LogP contribution in [0.15, 0.2) is 47.7 Å². The van der Waals surface area contributed by atoms with Gasteiger partial charge in [0, 0.05) is 25.0 Å². The Labute approximate surface area is 228 Å². The van der Waals surface area contributed by atoms with Crippen molar-refractivity contribution in [2.45, 2.75) is 51.7 Å². The Bertz CT molecular complexity index is 1230. The molecule has 0 N–H and O–H groups in total. The van der Waals surface area contributed by atoms with Gasteiger partial charge in [-0.1, -0.05) is 51.6 Å². The molecule has 0 aliphatic carbocycles. The van der Waals surface area contributed by atoms with Gasteiger partial charge in [-0.2, -0.15) is 5.10 Å². The first-order chi connectivity index (χ1) is 18.2. The second-order valence-electron chi connectivity index (χ2n) is 10.0. The third-order valence-electron chi connectivity index (χ3n) is 7.15. The Morgan fingerprint density at radius 3 is 2.63 bits per heavy atom. The van der Waals surface area contributed by atoms with Crippen LogP contribution in [0.2, 0.25) is 0 Å². The monoisotopic (exact) mass is 537 g/mol. The van der Waals surface area contributed by atoms with E-state index < -0.39 is 11.3 Å². The molecule has 3 heterocycles.